The fraction of sp³-hybridized carbons (Fsp3) is 0.417. The van der Waals surface area contributed by atoms with E-state index in [4.69, 9.17) is 10.5 Å². The molecule has 0 aromatic heterocycles. The SMILES string of the molecule is CCOCC(C)NC(=O)c1ccc(N)c(Br)c1. The van der Waals surface area contributed by atoms with Crippen LogP contribution in [0.1, 0.15) is 24.2 Å². The molecule has 0 aliphatic rings. The third-order valence-corrected chi connectivity index (χ3v) is 2.90. The van der Waals surface area contributed by atoms with E-state index in [0.717, 1.165) is 4.47 Å². The molecule has 5 heteroatoms. The largest absolute Gasteiger partial charge is 0.398 e. The zero-order valence-electron chi connectivity index (χ0n) is 10.00. The van der Waals surface area contributed by atoms with E-state index in [0.29, 0.717) is 24.5 Å². The molecule has 0 saturated carbocycles. The van der Waals surface area contributed by atoms with Gasteiger partial charge in [0.25, 0.3) is 5.91 Å². The Morgan fingerprint density at radius 1 is 1.59 bits per heavy atom. The van der Waals surface area contributed by atoms with Crippen LogP contribution in [0.25, 0.3) is 0 Å². The van der Waals surface area contributed by atoms with Crippen LogP contribution in [-0.4, -0.2) is 25.2 Å². The molecule has 4 nitrogen and oxygen atoms in total. The Hall–Kier alpha value is -1.07. The molecule has 0 aliphatic carbocycles. The lowest BCUT2D eigenvalue weighted by Gasteiger charge is -2.13. The molecule has 1 rings (SSSR count). The van der Waals surface area contributed by atoms with Crippen LogP contribution in [0.15, 0.2) is 22.7 Å². The second kappa shape index (κ2) is 6.61. The van der Waals surface area contributed by atoms with Crippen LogP contribution in [0.3, 0.4) is 0 Å². The summed E-state index contributed by atoms with van der Waals surface area (Å²) in [7, 11) is 0. The third kappa shape index (κ3) is 4.36. The molecule has 0 bridgehead atoms. The number of carbonyl (C=O) groups excluding carboxylic acids is 1. The predicted octanol–water partition coefficient (Wildman–Crippen LogP) is 2.19. The van der Waals surface area contributed by atoms with Crippen molar-refractivity contribution in [1.82, 2.24) is 5.32 Å². The van der Waals surface area contributed by atoms with E-state index in [1.807, 2.05) is 13.8 Å². The Morgan fingerprint density at radius 3 is 2.88 bits per heavy atom. The summed E-state index contributed by atoms with van der Waals surface area (Å²) >= 11 is 3.29. The molecule has 1 atom stereocenters. The standard InChI is InChI=1S/C12H17BrN2O2/c1-3-17-7-8(2)15-12(16)9-4-5-11(14)10(13)6-9/h4-6,8H,3,7,14H2,1-2H3,(H,15,16). The van der Waals surface area contributed by atoms with Gasteiger partial charge in [0.1, 0.15) is 0 Å². The van der Waals surface area contributed by atoms with E-state index in [9.17, 15) is 4.79 Å². The second-order valence-electron chi connectivity index (χ2n) is 3.77. The van der Waals surface area contributed by atoms with Crippen LogP contribution in [0.5, 0.6) is 0 Å². The molecule has 17 heavy (non-hydrogen) atoms. The average Bonchev–Trinajstić information content (AvgIpc) is 2.30. The number of carbonyl (C=O) groups is 1. The summed E-state index contributed by atoms with van der Waals surface area (Å²) in [6, 6.07) is 5.09. The number of nitrogens with two attached hydrogens (primary N) is 1. The highest BCUT2D eigenvalue weighted by Crippen LogP contribution is 2.20. The molecule has 0 heterocycles. The van der Waals surface area contributed by atoms with Crippen LogP contribution in [0, 0.1) is 0 Å². The number of nitrogens with one attached hydrogen (secondary N) is 1. The molecule has 0 saturated heterocycles. The number of hydrogen-bond acceptors (Lipinski definition) is 3. The Morgan fingerprint density at radius 2 is 2.29 bits per heavy atom. The monoisotopic (exact) mass is 300 g/mol. The smallest absolute Gasteiger partial charge is 0.251 e. The van der Waals surface area contributed by atoms with Gasteiger partial charge in [-0.15, -0.1) is 0 Å². The van der Waals surface area contributed by atoms with Crippen molar-refractivity contribution in [3.63, 3.8) is 0 Å². The molecule has 3 N–H and O–H groups in total. The number of nitrogen functional groups attached to an aromatic ring is 1. The molecule has 1 aromatic carbocycles. The van der Waals surface area contributed by atoms with Gasteiger partial charge in [-0.3, -0.25) is 4.79 Å². The first-order valence-electron chi connectivity index (χ1n) is 5.48. The number of rotatable bonds is 5. The van der Waals surface area contributed by atoms with Crippen molar-refractivity contribution in [2.45, 2.75) is 19.9 Å². The first-order valence-corrected chi connectivity index (χ1v) is 6.27. The maximum Gasteiger partial charge on any atom is 0.251 e. The van der Waals surface area contributed by atoms with Crippen LogP contribution in [0.4, 0.5) is 5.69 Å². The minimum atomic E-state index is -0.127. The molecule has 94 valence electrons. The molecule has 1 unspecified atom stereocenters. The van der Waals surface area contributed by atoms with E-state index >= 15 is 0 Å². The molecule has 0 spiro atoms. The zero-order chi connectivity index (χ0) is 12.8. The molecular formula is C12H17BrN2O2. The molecule has 0 fully saturated rings. The van der Waals surface area contributed by atoms with Gasteiger partial charge in [-0.25, -0.2) is 0 Å². The second-order valence-corrected chi connectivity index (χ2v) is 4.62. The number of ether oxygens (including phenoxy) is 1. The van der Waals surface area contributed by atoms with E-state index in [1.165, 1.54) is 0 Å². The van der Waals surface area contributed by atoms with Gasteiger partial charge >= 0.3 is 0 Å². The Labute approximate surface area is 110 Å². The van der Waals surface area contributed by atoms with Crippen molar-refractivity contribution in [2.24, 2.45) is 0 Å². The summed E-state index contributed by atoms with van der Waals surface area (Å²) in [6.45, 7) is 4.98. The summed E-state index contributed by atoms with van der Waals surface area (Å²) in [4.78, 5) is 11.9. The Balaban J connectivity index is 2.60. The molecular weight excluding hydrogens is 284 g/mol. The van der Waals surface area contributed by atoms with Crippen LogP contribution < -0.4 is 11.1 Å². The van der Waals surface area contributed by atoms with E-state index < -0.39 is 0 Å². The predicted molar refractivity (Wildman–Crippen MR) is 72.0 cm³/mol. The number of anilines is 1. The Bertz CT molecular complexity index is 396. The summed E-state index contributed by atoms with van der Waals surface area (Å²) in [5, 5.41) is 2.85. The number of halogens is 1. The van der Waals surface area contributed by atoms with Crippen LogP contribution in [-0.2, 0) is 4.74 Å². The normalized spacial score (nSPS) is 12.2. The van der Waals surface area contributed by atoms with Crippen LogP contribution >= 0.6 is 15.9 Å². The lowest BCUT2D eigenvalue weighted by molar-refractivity contribution is 0.0872. The summed E-state index contributed by atoms with van der Waals surface area (Å²) in [5.41, 5.74) is 6.85. The lowest BCUT2D eigenvalue weighted by atomic mass is 10.2. The highest BCUT2D eigenvalue weighted by molar-refractivity contribution is 9.10. The van der Waals surface area contributed by atoms with Crippen molar-refractivity contribution < 1.29 is 9.53 Å². The van der Waals surface area contributed by atoms with Crippen molar-refractivity contribution in [3.05, 3.63) is 28.2 Å². The first-order chi connectivity index (χ1) is 8.04. The van der Waals surface area contributed by atoms with Crippen molar-refractivity contribution in [2.75, 3.05) is 18.9 Å². The molecule has 1 aromatic rings. The topological polar surface area (TPSA) is 64.3 Å². The highest BCUT2D eigenvalue weighted by Gasteiger charge is 2.10. The van der Waals surface area contributed by atoms with Crippen molar-refractivity contribution in [1.29, 1.82) is 0 Å². The van der Waals surface area contributed by atoms with Crippen molar-refractivity contribution >= 4 is 27.5 Å². The molecule has 0 aliphatic heterocycles. The zero-order valence-corrected chi connectivity index (χ0v) is 11.6. The van der Waals surface area contributed by atoms with Gasteiger partial charge in [0.2, 0.25) is 0 Å². The number of benzene rings is 1. The van der Waals surface area contributed by atoms with Gasteiger partial charge < -0.3 is 15.8 Å². The number of hydrogen-bond donors (Lipinski definition) is 2. The fourth-order valence-corrected chi connectivity index (χ4v) is 1.69. The Kier molecular flexibility index (Phi) is 5.44. The minimum absolute atomic E-state index is 0.0150. The van der Waals surface area contributed by atoms with E-state index in [1.54, 1.807) is 18.2 Å². The average molecular weight is 301 g/mol. The first kappa shape index (κ1) is 14.0. The van der Waals surface area contributed by atoms with Crippen LogP contribution in [0.2, 0.25) is 0 Å². The fourth-order valence-electron chi connectivity index (χ4n) is 1.31. The summed E-state index contributed by atoms with van der Waals surface area (Å²) in [5.74, 6) is -0.127. The molecule has 0 radical (unpaired) electrons. The highest BCUT2D eigenvalue weighted by atomic mass is 79.9. The quantitative estimate of drug-likeness (QED) is 0.819. The van der Waals surface area contributed by atoms with Gasteiger partial charge in [0.15, 0.2) is 0 Å². The minimum Gasteiger partial charge on any atom is -0.398 e. The maximum absolute atomic E-state index is 11.9. The van der Waals surface area contributed by atoms with Gasteiger partial charge in [0.05, 0.1) is 6.61 Å². The van der Waals surface area contributed by atoms with Gasteiger partial charge in [-0.1, -0.05) is 0 Å². The third-order valence-electron chi connectivity index (χ3n) is 2.21. The summed E-state index contributed by atoms with van der Waals surface area (Å²) in [6.07, 6.45) is 0. The number of amides is 1. The lowest BCUT2D eigenvalue weighted by Crippen LogP contribution is -2.35. The van der Waals surface area contributed by atoms with Gasteiger partial charge in [-0.05, 0) is 48.0 Å². The molecule has 1 amide bonds. The van der Waals surface area contributed by atoms with E-state index in [-0.39, 0.29) is 11.9 Å². The van der Waals surface area contributed by atoms with Gasteiger partial charge in [0, 0.05) is 28.4 Å². The van der Waals surface area contributed by atoms with Crippen molar-refractivity contribution in [3.8, 4) is 0 Å². The summed E-state index contributed by atoms with van der Waals surface area (Å²) < 4.78 is 5.96. The van der Waals surface area contributed by atoms with Gasteiger partial charge in [-0.2, -0.15) is 0 Å². The maximum atomic E-state index is 11.9. The van der Waals surface area contributed by atoms with E-state index in [2.05, 4.69) is 21.2 Å².